The summed E-state index contributed by atoms with van der Waals surface area (Å²) in [6, 6.07) is -3.59. The zero-order chi connectivity index (χ0) is 41.2. The Kier molecular flexibility index (Phi) is 13.0. The molecule has 302 valence electrons. The average molecular weight is 804 g/mol. The first-order chi connectivity index (χ1) is 24.5. The van der Waals surface area contributed by atoms with Crippen LogP contribution in [0.25, 0.3) is 0 Å². The molecule has 0 aromatic carbocycles. The molecule has 22 heteroatoms. The van der Waals surface area contributed by atoms with Gasteiger partial charge in [-0.3, -0.25) is 24.3 Å². The largest absolute Gasteiger partial charge is 0.457 e. The smallest absolute Gasteiger partial charge is 0.413 e. The third-order valence-electron chi connectivity index (χ3n) is 7.23. The Morgan fingerprint density at radius 1 is 0.963 bits per heavy atom. The molecule has 3 rings (SSSR count). The van der Waals surface area contributed by atoms with Crippen LogP contribution in [0.5, 0.6) is 0 Å². The summed E-state index contributed by atoms with van der Waals surface area (Å²) in [5.74, 6) is -4.59. The van der Waals surface area contributed by atoms with E-state index in [1.165, 1.54) is 19.2 Å². The summed E-state index contributed by atoms with van der Waals surface area (Å²) in [7, 11) is -5.13. The SMILES string of the molecule is CC(C)(C)OC(=O)NCC1C[C@@H](C[C@@H]2[C@H](NC(=O)/C(=N\OC(C)(C)C(=O)OC(C)(C)C)c3csc(NC(=O)OC(C)(C)C)n3)C(=O)N2S(=O)(=O)O)C(=O)N1. The number of hydrogen-bond acceptors (Lipinski definition) is 15. The Bertz CT molecular complexity index is 1770. The lowest BCUT2D eigenvalue weighted by atomic mass is 9.87. The van der Waals surface area contributed by atoms with E-state index in [2.05, 4.69) is 31.4 Å². The topological polar surface area (TPSA) is 270 Å². The lowest BCUT2D eigenvalue weighted by Crippen LogP contribution is -2.72. The van der Waals surface area contributed by atoms with Crippen molar-refractivity contribution in [2.75, 3.05) is 11.9 Å². The number of esters is 1. The van der Waals surface area contributed by atoms with Gasteiger partial charge in [-0.15, -0.1) is 11.3 Å². The van der Waals surface area contributed by atoms with Crippen LogP contribution in [0.3, 0.4) is 0 Å². The van der Waals surface area contributed by atoms with E-state index in [9.17, 15) is 41.7 Å². The predicted octanol–water partition coefficient (Wildman–Crippen LogP) is 2.25. The number of nitrogens with one attached hydrogen (secondary N) is 4. The minimum atomic E-state index is -5.13. The van der Waals surface area contributed by atoms with Crippen LogP contribution in [0.15, 0.2) is 10.5 Å². The number of thiazole rings is 1. The molecule has 0 radical (unpaired) electrons. The number of ether oxygens (including phenoxy) is 3. The van der Waals surface area contributed by atoms with Gasteiger partial charge in [0.25, 0.3) is 11.8 Å². The summed E-state index contributed by atoms with van der Waals surface area (Å²) in [6.45, 7) is 17.5. The maximum atomic E-state index is 13.8. The van der Waals surface area contributed by atoms with Gasteiger partial charge >= 0.3 is 28.5 Å². The number of amides is 5. The molecule has 20 nitrogen and oxygen atoms in total. The first kappa shape index (κ1) is 43.8. The lowest BCUT2D eigenvalue weighted by molar-refractivity contribution is -0.179. The van der Waals surface area contributed by atoms with Crippen molar-refractivity contribution in [2.24, 2.45) is 11.1 Å². The molecule has 4 atom stereocenters. The van der Waals surface area contributed by atoms with Crippen molar-refractivity contribution < 1.29 is 60.8 Å². The van der Waals surface area contributed by atoms with Gasteiger partial charge in [0.2, 0.25) is 11.5 Å². The van der Waals surface area contributed by atoms with Gasteiger partial charge in [-0.25, -0.2) is 23.7 Å². The molecular weight excluding hydrogens is 755 g/mol. The standard InChI is InChI=1S/C32H49N7O13S2/c1-29(2,3)49-25(43)32(10,11)52-38-20(18-15-53-26(35-18)37-28(45)51-31(7,8)9)23(41)36-21-19(39(24(21)42)54(46,47)48)13-16-12-17(34-22(16)40)14-33-27(44)50-30(4,5)6/h15-17,19,21H,12-14H2,1-11H3,(H,33,44)(H,34,40)(H,36,41)(H,35,37,45)(H,46,47,48)/b38-20-/t16-,17?,19+,21-/m0/s1. The number of rotatable bonds is 12. The van der Waals surface area contributed by atoms with Crippen LogP contribution in [0.4, 0.5) is 14.7 Å². The van der Waals surface area contributed by atoms with Gasteiger partial charge in [-0.05, 0) is 89.0 Å². The van der Waals surface area contributed by atoms with Gasteiger partial charge in [0.05, 0.1) is 6.04 Å². The number of anilines is 1. The quantitative estimate of drug-likeness (QED) is 0.0507. The van der Waals surface area contributed by atoms with Gasteiger partial charge < -0.3 is 35.0 Å². The molecule has 54 heavy (non-hydrogen) atoms. The average Bonchev–Trinajstić information content (AvgIpc) is 3.56. The summed E-state index contributed by atoms with van der Waals surface area (Å²) < 4.78 is 50.3. The number of carbonyl (C=O) groups excluding carboxylic acids is 6. The van der Waals surface area contributed by atoms with Crippen LogP contribution < -0.4 is 21.3 Å². The highest BCUT2D eigenvalue weighted by atomic mass is 32.2. The molecule has 0 spiro atoms. The molecule has 5 N–H and O–H groups in total. The lowest BCUT2D eigenvalue weighted by Gasteiger charge is -2.45. The monoisotopic (exact) mass is 803 g/mol. The van der Waals surface area contributed by atoms with E-state index in [0.717, 1.165) is 11.3 Å². The van der Waals surface area contributed by atoms with Gasteiger partial charge in [0.1, 0.15) is 28.5 Å². The van der Waals surface area contributed by atoms with Crippen molar-refractivity contribution in [1.82, 2.24) is 25.2 Å². The van der Waals surface area contributed by atoms with E-state index in [1.54, 1.807) is 62.3 Å². The molecule has 5 amide bonds. The van der Waals surface area contributed by atoms with E-state index >= 15 is 0 Å². The molecule has 3 heterocycles. The predicted molar refractivity (Wildman–Crippen MR) is 193 cm³/mol. The van der Waals surface area contributed by atoms with Crippen molar-refractivity contribution in [3.63, 3.8) is 0 Å². The normalized spacial score (nSPS) is 21.0. The number of aromatic nitrogens is 1. The number of carbonyl (C=O) groups is 6. The van der Waals surface area contributed by atoms with Gasteiger partial charge in [0.15, 0.2) is 10.8 Å². The molecule has 1 unspecified atom stereocenters. The molecule has 0 aliphatic carbocycles. The molecular formula is C32H49N7O13S2. The summed E-state index contributed by atoms with van der Waals surface area (Å²) >= 11 is 0.873. The maximum Gasteiger partial charge on any atom is 0.413 e. The minimum Gasteiger partial charge on any atom is -0.457 e. The third-order valence-corrected chi connectivity index (χ3v) is 8.94. The fourth-order valence-electron chi connectivity index (χ4n) is 5.01. The Labute approximate surface area is 317 Å². The van der Waals surface area contributed by atoms with E-state index in [1.807, 2.05) is 0 Å². The summed E-state index contributed by atoms with van der Waals surface area (Å²) in [4.78, 5) is 86.8. The second-order valence-electron chi connectivity index (χ2n) is 16.1. The fourth-order valence-corrected chi connectivity index (χ4v) is 6.59. The third kappa shape index (κ3) is 12.5. The maximum absolute atomic E-state index is 13.8. The zero-order valence-electron chi connectivity index (χ0n) is 32.0. The van der Waals surface area contributed by atoms with Crippen LogP contribution in [-0.4, -0.2) is 111 Å². The molecule has 1 aromatic heterocycles. The molecule has 2 fully saturated rings. The Morgan fingerprint density at radius 3 is 2.09 bits per heavy atom. The van der Waals surface area contributed by atoms with Crippen molar-refractivity contribution in [2.45, 2.75) is 130 Å². The van der Waals surface area contributed by atoms with Crippen molar-refractivity contribution in [3.05, 3.63) is 11.1 Å². The van der Waals surface area contributed by atoms with Crippen LogP contribution in [-0.2, 0) is 48.5 Å². The second-order valence-corrected chi connectivity index (χ2v) is 18.2. The minimum absolute atomic E-state index is 0.0131. The Balaban J connectivity index is 1.87. The zero-order valence-corrected chi connectivity index (χ0v) is 33.6. The van der Waals surface area contributed by atoms with Crippen molar-refractivity contribution >= 4 is 68.4 Å². The van der Waals surface area contributed by atoms with E-state index < -0.39 is 98.3 Å². The Hall–Kier alpha value is -4.57. The molecule has 2 aliphatic rings. The van der Waals surface area contributed by atoms with Gasteiger partial charge in [-0.2, -0.15) is 8.42 Å². The first-order valence-electron chi connectivity index (χ1n) is 16.8. The molecule has 1 aromatic rings. The first-order valence-corrected chi connectivity index (χ1v) is 19.1. The molecule has 0 saturated carbocycles. The Morgan fingerprint density at radius 2 is 1.54 bits per heavy atom. The van der Waals surface area contributed by atoms with E-state index in [4.69, 9.17) is 19.0 Å². The molecule has 2 aliphatic heterocycles. The van der Waals surface area contributed by atoms with Crippen molar-refractivity contribution in [3.8, 4) is 0 Å². The summed E-state index contributed by atoms with van der Waals surface area (Å²) in [5.41, 5.74) is -5.03. The number of oxime groups is 1. The van der Waals surface area contributed by atoms with Crippen LogP contribution in [0, 0.1) is 5.92 Å². The number of nitrogens with zero attached hydrogens (tertiary/aromatic N) is 3. The van der Waals surface area contributed by atoms with Crippen molar-refractivity contribution in [1.29, 1.82) is 0 Å². The van der Waals surface area contributed by atoms with Crippen LogP contribution in [0.1, 0.15) is 94.7 Å². The number of alkyl carbamates (subject to hydrolysis) is 1. The van der Waals surface area contributed by atoms with E-state index in [0.29, 0.717) is 0 Å². The van der Waals surface area contributed by atoms with Crippen LogP contribution in [0.2, 0.25) is 0 Å². The second kappa shape index (κ2) is 16.0. The molecule has 2 saturated heterocycles. The number of β-lactam (4-membered cyclic amide) rings is 1. The summed E-state index contributed by atoms with van der Waals surface area (Å²) in [5, 5.41) is 15.2. The molecule has 0 bridgehead atoms. The highest BCUT2D eigenvalue weighted by Gasteiger charge is 2.55. The van der Waals surface area contributed by atoms with Gasteiger partial charge in [-0.1, -0.05) is 5.16 Å². The van der Waals surface area contributed by atoms with E-state index in [-0.39, 0.29) is 34.5 Å². The highest BCUT2D eigenvalue weighted by molar-refractivity contribution is 7.84. The highest BCUT2D eigenvalue weighted by Crippen LogP contribution is 2.32. The fraction of sp³-hybridized carbons (Fsp3) is 0.688. The van der Waals surface area contributed by atoms with Crippen LogP contribution >= 0.6 is 11.3 Å². The van der Waals surface area contributed by atoms with Gasteiger partial charge in [0, 0.05) is 23.9 Å². The summed E-state index contributed by atoms with van der Waals surface area (Å²) in [6.07, 6.45) is -1.78. The number of hydrogen-bond donors (Lipinski definition) is 5.